The molecule has 0 saturated carbocycles. The van der Waals surface area contributed by atoms with E-state index in [1.165, 1.54) is 43.6 Å². The molecule has 4 aromatic rings. The number of sulfonamides is 2. The van der Waals surface area contributed by atoms with E-state index in [0.29, 0.717) is 5.82 Å². The zero-order chi connectivity index (χ0) is 22.8. The number of benzene rings is 2. The molecule has 4 N–H and O–H groups in total. The second-order valence-corrected chi connectivity index (χ2v) is 10.8. The number of hydrogen-bond acceptors (Lipinski definition) is 9. The standard InChI is InChI=1S/C19H19N7O4S2/c1-13(31(27,28)26-32(29,30)16-5-3-2-4-6-16)23-18-10-19(21-12-20-18)24-15-7-8-17-14(9-15)11-22-25-17/h2-13,26H,1H3,(H,22,25)(H2,20,21,23,24). The Morgan fingerprint density at radius 3 is 2.47 bits per heavy atom. The fourth-order valence-corrected chi connectivity index (χ4v) is 5.81. The molecule has 2 aromatic carbocycles. The Bertz CT molecular complexity index is 1460. The van der Waals surface area contributed by atoms with Crippen LogP contribution in [-0.2, 0) is 20.0 Å². The number of nitrogens with zero attached hydrogens (tertiary/aromatic N) is 3. The summed E-state index contributed by atoms with van der Waals surface area (Å²) < 4.78 is 51.7. The number of fused-ring (bicyclic) bond motifs is 1. The number of nitrogens with one attached hydrogen (secondary N) is 4. The van der Waals surface area contributed by atoms with E-state index < -0.39 is 25.4 Å². The van der Waals surface area contributed by atoms with Crippen molar-refractivity contribution in [2.24, 2.45) is 0 Å². The Balaban J connectivity index is 1.47. The first-order valence-electron chi connectivity index (χ1n) is 9.34. The van der Waals surface area contributed by atoms with Gasteiger partial charge in [-0.15, -0.1) is 4.13 Å². The lowest BCUT2D eigenvalue weighted by Gasteiger charge is -2.16. The predicted octanol–water partition coefficient (Wildman–Crippen LogP) is 2.16. The minimum Gasteiger partial charge on any atom is -0.353 e. The maximum atomic E-state index is 12.6. The van der Waals surface area contributed by atoms with Gasteiger partial charge in [0.1, 0.15) is 23.3 Å². The van der Waals surface area contributed by atoms with Gasteiger partial charge >= 0.3 is 0 Å². The van der Waals surface area contributed by atoms with Gasteiger partial charge in [0.2, 0.25) is 10.0 Å². The van der Waals surface area contributed by atoms with Crippen molar-refractivity contribution in [3.8, 4) is 0 Å². The van der Waals surface area contributed by atoms with E-state index in [2.05, 4.69) is 30.8 Å². The largest absolute Gasteiger partial charge is 0.353 e. The Morgan fingerprint density at radius 2 is 1.69 bits per heavy atom. The number of aromatic nitrogens is 4. The summed E-state index contributed by atoms with van der Waals surface area (Å²) in [5.74, 6) is 0.613. The normalized spacial score (nSPS) is 13.0. The molecule has 13 heteroatoms. The first-order chi connectivity index (χ1) is 15.2. The number of hydrogen-bond donors (Lipinski definition) is 4. The van der Waals surface area contributed by atoms with Crippen molar-refractivity contribution in [2.45, 2.75) is 17.2 Å². The van der Waals surface area contributed by atoms with Gasteiger partial charge in [-0.25, -0.2) is 26.8 Å². The van der Waals surface area contributed by atoms with Crippen LogP contribution in [0.3, 0.4) is 0 Å². The summed E-state index contributed by atoms with van der Waals surface area (Å²) in [5, 5.41) is 12.2. The van der Waals surface area contributed by atoms with E-state index in [4.69, 9.17) is 0 Å². The van der Waals surface area contributed by atoms with Crippen molar-refractivity contribution in [1.82, 2.24) is 24.3 Å². The molecular weight excluding hydrogens is 454 g/mol. The van der Waals surface area contributed by atoms with Crippen molar-refractivity contribution in [3.63, 3.8) is 0 Å². The molecule has 32 heavy (non-hydrogen) atoms. The molecule has 1 unspecified atom stereocenters. The minimum absolute atomic E-state index is 0.154. The van der Waals surface area contributed by atoms with E-state index in [1.807, 2.05) is 18.2 Å². The van der Waals surface area contributed by atoms with Crippen LogP contribution in [0, 0.1) is 0 Å². The Hall–Kier alpha value is -3.55. The molecule has 0 aliphatic rings. The lowest BCUT2D eigenvalue weighted by atomic mass is 10.2. The first-order valence-corrected chi connectivity index (χ1v) is 12.4. The molecule has 0 amide bonds. The van der Waals surface area contributed by atoms with Gasteiger partial charge in [0.15, 0.2) is 0 Å². The van der Waals surface area contributed by atoms with Gasteiger partial charge in [0.25, 0.3) is 10.0 Å². The fraction of sp³-hybridized carbons (Fsp3) is 0.105. The summed E-state index contributed by atoms with van der Waals surface area (Å²) >= 11 is 0. The molecule has 0 aliphatic heterocycles. The molecule has 2 heterocycles. The molecule has 0 saturated heterocycles. The molecule has 166 valence electrons. The van der Waals surface area contributed by atoms with Crippen LogP contribution in [0.15, 0.2) is 72.0 Å². The molecule has 11 nitrogen and oxygen atoms in total. The zero-order valence-corrected chi connectivity index (χ0v) is 18.4. The van der Waals surface area contributed by atoms with E-state index in [9.17, 15) is 16.8 Å². The Kier molecular flexibility index (Phi) is 5.78. The van der Waals surface area contributed by atoms with E-state index >= 15 is 0 Å². The molecule has 1 atom stereocenters. The van der Waals surface area contributed by atoms with Crippen LogP contribution in [0.5, 0.6) is 0 Å². The van der Waals surface area contributed by atoms with Gasteiger partial charge in [-0.05, 0) is 37.3 Å². The average Bonchev–Trinajstić information content (AvgIpc) is 3.22. The third kappa shape index (κ3) is 4.85. The third-order valence-electron chi connectivity index (χ3n) is 4.48. The monoisotopic (exact) mass is 473 g/mol. The number of anilines is 3. The van der Waals surface area contributed by atoms with Crippen LogP contribution in [0.25, 0.3) is 10.9 Å². The van der Waals surface area contributed by atoms with Crippen LogP contribution in [0.1, 0.15) is 6.92 Å². The second kappa shape index (κ2) is 8.53. The number of H-pyrrole nitrogens is 1. The van der Waals surface area contributed by atoms with Gasteiger partial charge in [0, 0.05) is 17.1 Å². The van der Waals surface area contributed by atoms with E-state index in [0.717, 1.165) is 16.6 Å². The Labute approximate surface area is 184 Å². The maximum Gasteiger partial charge on any atom is 0.253 e. The summed E-state index contributed by atoms with van der Waals surface area (Å²) in [6, 6.07) is 14.3. The number of rotatable bonds is 8. The predicted molar refractivity (Wildman–Crippen MR) is 120 cm³/mol. The molecule has 0 fully saturated rings. The topological polar surface area (TPSA) is 159 Å². The van der Waals surface area contributed by atoms with Crippen LogP contribution in [-0.4, -0.2) is 42.4 Å². The molecule has 4 rings (SSSR count). The summed E-state index contributed by atoms with van der Waals surface area (Å²) in [5.41, 5.74) is 1.64. The van der Waals surface area contributed by atoms with Gasteiger partial charge in [-0.1, -0.05) is 18.2 Å². The van der Waals surface area contributed by atoms with Gasteiger partial charge < -0.3 is 10.6 Å². The lowest BCUT2D eigenvalue weighted by molar-refractivity contribution is 0.572. The van der Waals surface area contributed by atoms with E-state index in [1.54, 1.807) is 16.4 Å². The van der Waals surface area contributed by atoms with Gasteiger partial charge in [0.05, 0.1) is 16.6 Å². The molecule has 0 bridgehead atoms. The first kappa shape index (κ1) is 21.7. The second-order valence-electron chi connectivity index (χ2n) is 6.82. The highest BCUT2D eigenvalue weighted by Gasteiger charge is 2.28. The van der Waals surface area contributed by atoms with Crippen LogP contribution >= 0.6 is 0 Å². The Morgan fingerprint density at radius 1 is 0.938 bits per heavy atom. The number of aromatic amines is 1. The van der Waals surface area contributed by atoms with Crippen molar-refractivity contribution < 1.29 is 16.8 Å². The highest BCUT2D eigenvalue weighted by molar-refractivity contribution is 8.05. The minimum atomic E-state index is -4.29. The molecule has 0 radical (unpaired) electrons. The smallest absolute Gasteiger partial charge is 0.253 e. The van der Waals surface area contributed by atoms with Crippen LogP contribution < -0.4 is 14.8 Å². The van der Waals surface area contributed by atoms with Gasteiger partial charge in [-0.3, -0.25) is 5.10 Å². The van der Waals surface area contributed by atoms with Gasteiger partial charge in [-0.2, -0.15) is 5.10 Å². The fourth-order valence-electron chi connectivity index (χ4n) is 2.83. The maximum absolute atomic E-state index is 12.6. The summed E-state index contributed by atoms with van der Waals surface area (Å²) in [6.45, 7) is 1.31. The lowest BCUT2D eigenvalue weighted by Crippen LogP contribution is -2.40. The van der Waals surface area contributed by atoms with E-state index in [-0.39, 0.29) is 10.7 Å². The molecule has 0 aliphatic carbocycles. The van der Waals surface area contributed by atoms with Crippen molar-refractivity contribution in [1.29, 1.82) is 0 Å². The summed E-state index contributed by atoms with van der Waals surface area (Å²) in [6.07, 6.45) is 2.95. The molecular formula is C19H19N7O4S2. The van der Waals surface area contributed by atoms with Crippen molar-refractivity contribution in [2.75, 3.05) is 10.6 Å². The molecule has 2 aromatic heterocycles. The zero-order valence-electron chi connectivity index (χ0n) is 16.7. The SMILES string of the molecule is CC(Nc1cc(Nc2ccc3[nH]ncc3c2)ncn1)S(=O)(=O)NS(=O)(=O)c1ccccc1. The highest BCUT2D eigenvalue weighted by Crippen LogP contribution is 2.21. The average molecular weight is 474 g/mol. The van der Waals surface area contributed by atoms with Crippen molar-refractivity contribution in [3.05, 3.63) is 67.1 Å². The third-order valence-corrected chi connectivity index (χ3v) is 8.22. The summed E-state index contributed by atoms with van der Waals surface area (Å²) in [4.78, 5) is 7.98. The highest BCUT2D eigenvalue weighted by atomic mass is 32.3. The van der Waals surface area contributed by atoms with Crippen molar-refractivity contribution >= 4 is 48.3 Å². The quantitative estimate of drug-likeness (QED) is 0.301. The molecule has 0 spiro atoms. The summed E-state index contributed by atoms with van der Waals surface area (Å²) in [7, 11) is -8.54. The van der Waals surface area contributed by atoms with Crippen LogP contribution in [0.4, 0.5) is 17.3 Å². The van der Waals surface area contributed by atoms with Crippen LogP contribution in [0.2, 0.25) is 0 Å².